The molecule has 0 rings (SSSR count). The zero-order chi connectivity index (χ0) is 8.15. The van der Waals surface area contributed by atoms with Gasteiger partial charge in [0.25, 0.3) is 0 Å². The lowest BCUT2D eigenvalue weighted by atomic mass is 10.1. The number of rotatable bonds is 3. The Morgan fingerprint density at radius 3 is 2.40 bits per heavy atom. The lowest BCUT2D eigenvalue weighted by molar-refractivity contribution is -0.124. The Bertz CT molecular complexity index is 112. The van der Waals surface area contributed by atoms with E-state index in [9.17, 15) is 4.79 Å². The highest BCUT2D eigenvalue weighted by atomic mass is 16.1. The first kappa shape index (κ1) is 9.43. The number of hydrogen-bond donors (Lipinski definition) is 1. The maximum absolute atomic E-state index is 10.9. The molecule has 0 fully saturated rings. The summed E-state index contributed by atoms with van der Waals surface area (Å²) in [5.74, 6) is 0.189. The predicted octanol–water partition coefficient (Wildman–Crippen LogP) is -0.0699. The molecule has 0 bridgehead atoms. The number of nitrogens with one attached hydrogen (secondary N) is 1. The van der Waals surface area contributed by atoms with Gasteiger partial charge in [0.05, 0.1) is 0 Å². The van der Waals surface area contributed by atoms with Gasteiger partial charge in [0, 0.05) is 19.5 Å². The first-order valence-electron chi connectivity index (χ1n) is 3.44. The maximum Gasteiger partial charge on any atom is 0.223 e. The van der Waals surface area contributed by atoms with Crippen molar-refractivity contribution in [3.63, 3.8) is 0 Å². The summed E-state index contributed by atoms with van der Waals surface area (Å²) in [6.45, 7) is 2.72. The number of amides is 1. The van der Waals surface area contributed by atoms with Crippen LogP contribution in [0.1, 0.15) is 6.92 Å². The van der Waals surface area contributed by atoms with E-state index < -0.39 is 0 Å². The van der Waals surface area contributed by atoms with Gasteiger partial charge in [-0.1, -0.05) is 6.92 Å². The minimum atomic E-state index is 0.0833. The van der Waals surface area contributed by atoms with Crippen molar-refractivity contribution in [3.05, 3.63) is 0 Å². The second-order valence-electron chi connectivity index (χ2n) is 2.78. The molecule has 0 aromatic heterocycles. The third-order valence-corrected chi connectivity index (χ3v) is 1.33. The van der Waals surface area contributed by atoms with E-state index in [2.05, 4.69) is 5.32 Å². The van der Waals surface area contributed by atoms with E-state index in [1.807, 2.05) is 25.9 Å². The number of carbonyl (C=O) groups excluding carboxylic acids is 1. The van der Waals surface area contributed by atoms with Gasteiger partial charge in [0.2, 0.25) is 5.91 Å². The fourth-order valence-electron chi connectivity index (χ4n) is 0.877. The van der Waals surface area contributed by atoms with Gasteiger partial charge in [-0.2, -0.15) is 0 Å². The summed E-state index contributed by atoms with van der Waals surface area (Å²) >= 11 is 0. The molecule has 0 aromatic rings. The molecule has 0 saturated heterocycles. The van der Waals surface area contributed by atoms with Crippen molar-refractivity contribution in [2.75, 3.05) is 27.7 Å². The minimum Gasteiger partial charge on any atom is -0.359 e. The monoisotopic (exact) mass is 144 g/mol. The summed E-state index contributed by atoms with van der Waals surface area (Å²) < 4.78 is 0. The fraction of sp³-hybridized carbons (Fsp3) is 0.857. The highest BCUT2D eigenvalue weighted by Gasteiger charge is 2.10. The van der Waals surface area contributed by atoms with Crippen LogP contribution in [0.4, 0.5) is 0 Å². The van der Waals surface area contributed by atoms with Gasteiger partial charge in [0.1, 0.15) is 0 Å². The van der Waals surface area contributed by atoms with Crippen LogP contribution in [0.5, 0.6) is 0 Å². The van der Waals surface area contributed by atoms with Gasteiger partial charge in [-0.25, -0.2) is 0 Å². The molecule has 0 spiro atoms. The van der Waals surface area contributed by atoms with Crippen LogP contribution < -0.4 is 5.32 Å². The summed E-state index contributed by atoms with van der Waals surface area (Å²) in [6, 6.07) is 0. The van der Waals surface area contributed by atoms with Crippen LogP contribution >= 0.6 is 0 Å². The van der Waals surface area contributed by atoms with Crippen LogP contribution in [-0.2, 0) is 4.79 Å². The Kier molecular flexibility index (Phi) is 4.03. The molecule has 0 radical (unpaired) electrons. The van der Waals surface area contributed by atoms with Gasteiger partial charge in [0.15, 0.2) is 0 Å². The number of hydrogen-bond acceptors (Lipinski definition) is 2. The Hall–Kier alpha value is -0.570. The van der Waals surface area contributed by atoms with E-state index in [1.54, 1.807) is 7.05 Å². The third kappa shape index (κ3) is 3.45. The molecule has 0 unspecified atom stereocenters. The van der Waals surface area contributed by atoms with Crippen LogP contribution in [0.15, 0.2) is 0 Å². The first-order chi connectivity index (χ1) is 4.57. The molecule has 0 saturated carbocycles. The Balaban J connectivity index is 3.61. The predicted molar refractivity (Wildman–Crippen MR) is 41.8 cm³/mol. The molecule has 1 amide bonds. The van der Waals surface area contributed by atoms with Crippen molar-refractivity contribution in [2.45, 2.75) is 6.92 Å². The molecular formula is C7H16N2O. The standard InChI is InChI=1S/C7H16N2O/c1-6(5-9(3)4)7(10)8-2/h6H,5H2,1-4H3,(H,8,10)/t6-/m0/s1. The van der Waals surface area contributed by atoms with Crippen LogP contribution in [0.25, 0.3) is 0 Å². The summed E-state index contributed by atoms with van der Waals surface area (Å²) in [5.41, 5.74) is 0. The Labute approximate surface area is 62.4 Å². The second kappa shape index (κ2) is 4.28. The van der Waals surface area contributed by atoms with Crippen molar-refractivity contribution in [1.82, 2.24) is 10.2 Å². The molecule has 60 valence electrons. The van der Waals surface area contributed by atoms with E-state index in [1.165, 1.54) is 0 Å². The molecule has 0 aliphatic rings. The molecule has 0 aliphatic carbocycles. The van der Waals surface area contributed by atoms with E-state index in [0.29, 0.717) is 0 Å². The zero-order valence-corrected chi connectivity index (χ0v) is 7.14. The molecule has 10 heavy (non-hydrogen) atoms. The molecule has 0 heterocycles. The maximum atomic E-state index is 10.9. The van der Waals surface area contributed by atoms with Gasteiger partial charge in [-0.05, 0) is 14.1 Å². The highest BCUT2D eigenvalue weighted by molar-refractivity contribution is 5.78. The topological polar surface area (TPSA) is 32.3 Å². The molecular weight excluding hydrogens is 128 g/mol. The third-order valence-electron chi connectivity index (χ3n) is 1.33. The molecule has 1 N–H and O–H groups in total. The molecule has 0 aromatic carbocycles. The summed E-state index contributed by atoms with van der Waals surface area (Å²) in [5, 5.41) is 2.60. The van der Waals surface area contributed by atoms with Crippen LogP contribution in [0, 0.1) is 5.92 Å². The van der Waals surface area contributed by atoms with Crippen molar-refractivity contribution in [3.8, 4) is 0 Å². The lowest BCUT2D eigenvalue weighted by Crippen LogP contribution is -2.32. The zero-order valence-electron chi connectivity index (χ0n) is 7.14. The fourth-order valence-corrected chi connectivity index (χ4v) is 0.877. The summed E-state index contributed by atoms with van der Waals surface area (Å²) in [7, 11) is 5.58. The van der Waals surface area contributed by atoms with E-state index in [-0.39, 0.29) is 11.8 Å². The molecule has 1 atom stereocenters. The highest BCUT2D eigenvalue weighted by Crippen LogP contribution is 1.94. The van der Waals surface area contributed by atoms with E-state index in [0.717, 1.165) is 6.54 Å². The number of nitrogens with zero attached hydrogens (tertiary/aromatic N) is 1. The molecule has 3 heteroatoms. The van der Waals surface area contributed by atoms with Crippen LogP contribution in [0.2, 0.25) is 0 Å². The van der Waals surface area contributed by atoms with Crippen LogP contribution in [-0.4, -0.2) is 38.5 Å². The van der Waals surface area contributed by atoms with E-state index in [4.69, 9.17) is 0 Å². The van der Waals surface area contributed by atoms with Crippen molar-refractivity contribution in [2.24, 2.45) is 5.92 Å². The van der Waals surface area contributed by atoms with Gasteiger partial charge < -0.3 is 10.2 Å². The van der Waals surface area contributed by atoms with Crippen molar-refractivity contribution < 1.29 is 4.79 Å². The second-order valence-corrected chi connectivity index (χ2v) is 2.78. The first-order valence-corrected chi connectivity index (χ1v) is 3.44. The SMILES string of the molecule is CNC(=O)[C@@H](C)CN(C)C. The number of carbonyl (C=O) groups is 1. The molecule has 3 nitrogen and oxygen atoms in total. The normalized spacial score (nSPS) is 13.3. The smallest absolute Gasteiger partial charge is 0.223 e. The Morgan fingerprint density at radius 1 is 1.60 bits per heavy atom. The Morgan fingerprint density at radius 2 is 2.10 bits per heavy atom. The van der Waals surface area contributed by atoms with Crippen molar-refractivity contribution >= 4 is 5.91 Å². The largest absolute Gasteiger partial charge is 0.359 e. The molecule has 0 aliphatic heterocycles. The lowest BCUT2D eigenvalue weighted by Gasteiger charge is -2.14. The summed E-state index contributed by atoms with van der Waals surface area (Å²) in [4.78, 5) is 12.9. The average Bonchev–Trinajstić information content (AvgIpc) is 1.85. The average molecular weight is 144 g/mol. The van der Waals surface area contributed by atoms with Gasteiger partial charge in [-0.15, -0.1) is 0 Å². The minimum absolute atomic E-state index is 0.0833. The summed E-state index contributed by atoms with van der Waals surface area (Å²) in [6.07, 6.45) is 0. The van der Waals surface area contributed by atoms with Gasteiger partial charge >= 0.3 is 0 Å². The van der Waals surface area contributed by atoms with E-state index >= 15 is 0 Å². The quantitative estimate of drug-likeness (QED) is 0.601. The van der Waals surface area contributed by atoms with Crippen LogP contribution in [0.3, 0.4) is 0 Å². The van der Waals surface area contributed by atoms with Crippen molar-refractivity contribution in [1.29, 1.82) is 0 Å². The van der Waals surface area contributed by atoms with Gasteiger partial charge in [-0.3, -0.25) is 4.79 Å².